The zero-order chi connectivity index (χ0) is 21.0. The van der Waals surface area contributed by atoms with Crippen molar-refractivity contribution in [2.45, 2.75) is 39.3 Å². The second-order valence-electron chi connectivity index (χ2n) is 7.61. The van der Waals surface area contributed by atoms with Crippen LogP contribution in [0.15, 0.2) is 54.6 Å². The summed E-state index contributed by atoms with van der Waals surface area (Å²) in [5.74, 6) is 0.419. The van der Waals surface area contributed by atoms with E-state index in [0.29, 0.717) is 17.4 Å². The van der Waals surface area contributed by atoms with Gasteiger partial charge >= 0.3 is 0 Å². The molecule has 1 amide bonds. The predicted octanol–water partition coefficient (Wildman–Crippen LogP) is 3.51. The van der Waals surface area contributed by atoms with E-state index in [9.17, 15) is 13.2 Å². The summed E-state index contributed by atoms with van der Waals surface area (Å²) in [5, 5.41) is 3.07. The molecular weight excluding hydrogens is 388 g/mol. The Morgan fingerprint density at radius 2 is 1.79 bits per heavy atom. The summed E-state index contributed by atoms with van der Waals surface area (Å²) in [6.07, 6.45) is -0.139. The number of anilines is 1. The van der Waals surface area contributed by atoms with Gasteiger partial charge in [0.1, 0.15) is 5.75 Å². The minimum atomic E-state index is -3.53. The highest BCUT2D eigenvalue weighted by atomic mass is 32.2. The minimum absolute atomic E-state index is 0.0395. The third kappa shape index (κ3) is 4.90. The summed E-state index contributed by atoms with van der Waals surface area (Å²) in [4.78, 5) is 13.1. The lowest BCUT2D eigenvalue weighted by atomic mass is 9.96. The molecule has 2 aromatic carbocycles. The number of rotatable bonds is 7. The van der Waals surface area contributed by atoms with Gasteiger partial charge in [0, 0.05) is 0 Å². The molecule has 0 saturated heterocycles. The van der Waals surface area contributed by atoms with Crippen molar-refractivity contribution in [3.63, 3.8) is 0 Å². The van der Waals surface area contributed by atoms with Gasteiger partial charge in [-0.3, -0.25) is 9.10 Å². The number of benzene rings is 2. The van der Waals surface area contributed by atoms with Crippen LogP contribution in [0, 0.1) is 5.92 Å². The molecule has 2 atom stereocenters. The lowest BCUT2D eigenvalue weighted by Gasteiger charge is -2.35. The van der Waals surface area contributed by atoms with Crippen molar-refractivity contribution in [3.05, 3.63) is 60.2 Å². The fraction of sp³-hybridized carbons (Fsp3) is 0.409. The van der Waals surface area contributed by atoms with E-state index >= 15 is 0 Å². The van der Waals surface area contributed by atoms with E-state index in [1.165, 1.54) is 4.31 Å². The van der Waals surface area contributed by atoms with Crippen molar-refractivity contribution >= 4 is 21.6 Å². The van der Waals surface area contributed by atoms with Gasteiger partial charge in [0.25, 0.3) is 5.91 Å². The van der Waals surface area contributed by atoms with Crippen molar-refractivity contribution in [2.75, 3.05) is 16.6 Å². The normalized spacial score (nSPS) is 17.4. The molecule has 1 aliphatic heterocycles. The maximum Gasteiger partial charge on any atom is 0.263 e. The summed E-state index contributed by atoms with van der Waals surface area (Å²) in [5.41, 5.74) is 1.49. The number of hydrogen-bond donors (Lipinski definition) is 1. The molecule has 0 saturated carbocycles. The highest BCUT2D eigenvalue weighted by Gasteiger charge is 2.36. The number of sulfonamides is 1. The maximum atomic E-state index is 13.1. The Morgan fingerprint density at radius 3 is 2.45 bits per heavy atom. The average molecular weight is 417 g/mol. The molecule has 0 aromatic heterocycles. The van der Waals surface area contributed by atoms with Crippen molar-refractivity contribution < 1.29 is 17.9 Å². The van der Waals surface area contributed by atoms with E-state index < -0.39 is 16.1 Å². The minimum Gasteiger partial charge on any atom is -0.476 e. The number of para-hydroxylation sites is 2. The lowest BCUT2D eigenvalue weighted by molar-refractivity contribution is -0.128. The Kier molecular flexibility index (Phi) is 6.47. The van der Waals surface area contributed by atoms with Crippen LogP contribution in [-0.4, -0.2) is 32.7 Å². The first-order valence-electron chi connectivity index (χ1n) is 9.93. The highest BCUT2D eigenvalue weighted by Crippen LogP contribution is 2.35. The van der Waals surface area contributed by atoms with Gasteiger partial charge in [0.15, 0.2) is 6.10 Å². The van der Waals surface area contributed by atoms with E-state index in [4.69, 9.17) is 4.74 Å². The summed E-state index contributed by atoms with van der Waals surface area (Å²) in [6.45, 7) is 5.76. The van der Waals surface area contributed by atoms with Crippen LogP contribution in [0.3, 0.4) is 0 Å². The largest absolute Gasteiger partial charge is 0.476 e. The van der Waals surface area contributed by atoms with E-state index in [1.807, 2.05) is 30.3 Å². The Balaban J connectivity index is 1.85. The van der Waals surface area contributed by atoms with Gasteiger partial charge in [0.05, 0.1) is 24.0 Å². The smallest absolute Gasteiger partial charge is 0.263 e. The number of carbonyl (C=O) groups excluding carboxylic acids is 1. The third-order valence-electron chi connectivity index (χ3n) is 4.95. The van der Waals surface area contributed by atoms with E-state index in [-0.39, 0.29) is 24.2 Å². The Labute approximate surface area is 172 Å². The van der Waals surface area contributed by atoms with Crippen LogP contribution in [0.25, 0.3) is 0 Å². The van der Waals surface area contributed by atoms with Gasteiger partial charge in [-0.1, -0.05) is 56.3 Å². The summed E-state index contributed by atoms with van der Waals surface area (Å²) >= 11 is 0. The lowest BCUT2D eigenvalue weighted by Crippen LogP contribution is -2.51. The number of ether oxygens (including phenoxy) is 1. The second kappa shape index (κ2) is 8.86. The molecule has 2 aromatic rings. The molecule has 29 heavy (non-hydrogen) atoms. The van der Waals surface area contributed by atoms with Crippen molar-refractivity contribution in [1.29, 1.82) is 0 Å². The molecule has 0 spiro atoms. The van der Waals surface area contributed by atoms with Crippen LogP contribution < -0.4 is 14.4 Å². The van der Waals surface area contributed by atoms with Crippen molar-refractivity contribution in [3.8, 4) is 5.75 Å². The van der Waals surface area contributed by atoms with E-state index in [0.717, 1.165) is 12.0 Å². The quantitative estimate of drug-likeness (QED) is 0.749. The number of nitrogens with one attached hydrogen (secondary N) is 1. The van der Waals surface area contributed by atoms with Gasteiger partial charge in [0.2, 0.25) is 10.0 Å². The van der Waals surface area contributed by atoms with E-state index in [2.05, 4.69) is 19.2 Å². The van der Waals surface area contributed by atoms with Crippen LogP contribution in [0.2, 0.25) is 0 Å². The molecule has 0 radical (unpaired) electrons. The number of nitrogens with zero attached hydrogens (tertiary/aromatic N) is 1. The predicted molar refractivity (Wildman–Crippen MR) is 114 cm³/mol. The van der Waals surface area contributed by atoms with Gasteiger partial charge in [-0.15, -0.1) is 0 Å². The van der Waals surface area contributed by atoms with Gasteiger partial charge in [-0.2, -0.15) is 0 Å². The highest BCUT2D eigenvalue weighted by molar-refractivity contribution is 7.92. The SMILES string of the molecule is CCS(=O)(=O)N1C[C@@H](C(=O)N[C@H](CC(C)C)c2ccccc2)Oc2ccccc21. The topological polar surface area (TPSA) is 75.7 Å². The molecule has 0 unspecified atom stereocenters. The van der Waals surface area contributed by atoms with Crippen molar-refractivity contribution in [1.82, 2.24) is 5.32 Å². The Hall–Kier alpha value is -2.54. The standard InChI is InChI=1S/C22H28N2O4S/c1-4-29(26,27)24-15-21(28-20-13-9-8-12-19(20)24)22(25)23-18(14-16(2)3)17-10-6-5-7-11-17/h5-13,16,18,21H,4,14-15H2,1-3H3,(H,23,25)/t18-,21+/m1/s1. The summed E-state index contributed by atoms with van der Waals surface area (Å²) < 4.78 is 32.4. The van der Waals surface area contributed by atoms with Crippen LogP contribution in [-0.2, 0) is 14.8 Å². The molecule has 7 heteroatoms. The summed E-state index contributed by atoms with van der Waals surface area (Å²) in [7, 11) is -3.53. The zero-order valence-electron chi connectivity index (χ0n) is 17.0. The number of fused-ring (bicyclic) bond motifs is 1. The number of amides is 1. The van der Waals surface area contributed by atoms with Gasteiger partial charge in [-0.25, -0.2) is 8.42 Å². The average Bonchev–Trinajstić information content (AvgIpc) is 2.72. The van der Waals surface area contributed by atoms with Crippen LogP contribution in [0.4, 0.5) is 5.69 Å². The molecule has 1 heterocycles. The first kappa shape index (κ1) is 21.2. The summed E-state index contributed by atoms with van der Waals surface area (Å²) in [6, 6.07) is 16.5. The van der Waals surface area contributed by atoms with Crippen LogP contribution in [0.5, 0.6) is 5.75 Å². The molecule has 1 aliphatic rings. The molecular formula is C22H28N2O4S. The number of hydrogen-bond acceptors (Lipinski definition) is 4. The zero-order valence-corrected chi connectivity index (χ0v) is 17.9. The monoisotopic (exact) mass is 416 g/mol. The second-order valence-corrected chi connectivity index (χ2v) is 9.79. The Bertz CT molecular complexity index is 944. The molecule has 6 nitrogen and oxygen atoms in total. The fourth-order valence-electron chi connectivity index (χ4n) is 3.46. The molecule has 1 N–H and O–H groups in total. The molecule has 156 valence electrons. The van der Waals surface area contributed by atoms with E-state index in [1.54, 1.807) is 31.2 Å². The van der Waals surface area contributed by atoms with Gasteiger partial charge in [-0.05, 0) is 37.0 Å². The third-order valence-corrected chi connectivity index (χ3v) is 6.70. The maximum absolute atomic E-state index is 13.1. The van der Waals surface area contributed by atoms with Crippen molar-refractivity contribution in [2.24, 2.45) is 5.92 Å². The first-order chi connectivity index (χ1) is 13.8. The Morgan fingerprint density at radius 1 is 1.14 bits per heavy atom. The van der Waals surface area contributed by atoms with Crippen LogP contribution in [0.1, 0.15) is 38.8 Å². The fourth-order valence-corrected chi connectivity index (χ4v) is 4.58. The molecule has 0 bridgehead atoms. The van der Waals surface area contributed by atoms with Gasteiger partial charge < -0.3 is 10.1 Å². The molecule has 0 aliphatic carbocycles. The van der Waals surface area contributed by atoms with Crippen LogP contribution >= 0.6 is 0 Å². The number of carbonyl (C=O) groups is 1. The molecule has 0 fully saturated rings. The first-order valence-corrected chi connectivity index (χ1v) is 11.5. The molecule has 3 rings (SSSR count).